The molecule has 0 aliphatic carbocycles. The van der Waals surface area contributed by atoms with Gasteiger partial charge in [-0.25, -0.2) is 0 Å². The number of aliphatic hydroxyl groups is 3. The number of aromatic nitrogens is 2. The Morgan fingerprint density at radius 1 is 1.40 bits per heavy atom. The number of nitrogens with zero attached hydrogens (tertiary/aromatic N) is 3. The molecule has 25 heavy (non-hydrogen) atoms. The van der Waals surface area contributed by atoms with Crippen LogP contribution < -0.4 is 21.1 Å². The normalized spacial score (nSPS) is 30.6. The molecule has 1 aromatic heterocycles. The predicted octanol–water partition coefficient (Wildman–Crippen LogP) is -3.49. The molecule has 0 radical (unpaired) electrons. The fourth-order valence-electron chi connectivity index (χ4n) is 2.96. The molecule has 1 fully saturated rings. The summed E-state index contributed by atoms with van der Waals surface area (Å²) in [6, 6.07) is 0. The minimum Gasteiger partial charge on any atom is -0.387 e. The number of nitrogens with one attached hydrogen (secondary N) is 1. The van der Waals surface area contributed by atoms with Crippen LogP contribution in [0.5, 0.6) is 0 Å². The van der Waals surface area contributed by atoms with E-state index in [2.05, 4.69) is 9.97 Å². The third-order valence-corrected chi connectivity index (χ3v) is 5.12. The third-order valence-electron chi connectivity index (χ3n) is 4.13. The van der Waals surface area contributed by atoms with Gasteiger partial charge in [-0.15, -0.1) is 0 Å². The number of aliphatic hydroxyl groups excluding tert-OH is 3. The van der Waals surface area contributed by atoms with Crippen LogP contribution in [0.2, 0.25) is 0 Å². The second-order valence-corrected chi connectivity index (χ2v) is 7.61. The highest BCUT2D eigenvalue weighted by atomic mass is 31.2. The molecule has 0 amide bonds. The molecule has 3 rings (SSSR count). The zero-order valence-corrected chi connectivity index (χ0v) is 13.8. The standard InChI is InChI=1S/C11H18N5O8P/c1-15-2-16(7-3(15)8(19)14-11(12)13-7)9-5(18)4(17)6(24-9)10(20)25(21,22)23/h4-6,9-10,17-18,20H,2H2,1H3,(H2,21,22,23)(H3,12,13,14,19)/t4-,5+,6-,9+,10?/m0/s1. The first-order chi connectivity index (χ1) is 11.5. The van der Waals surface area contributed by atoms with E-state index in [0.29, 0.717) is 0 Å². The summed E-state index contributed by atoms with van der Waals surface area (Å²) in [6.45, 7) is 0.0298. The molecule has 8 N–H and O–H groups in total. The fraction of sp³-hybridized carbons (Fsp3) is 0.636. The molecule has 0 saturated carbocycles. The van der Waals surface area contributed by atoms with Gasteiger partial charge in [0.05, 0.1) is 6.67 Å². The van der Waals surface area contributed by atoms with Crippen molar-refractivity contribution >= 4 is 25.0 Å². The van der Waals surface area contributed by atoms with Gasteiger partial charge in [0.2, 0.25) is 5.95 Å². The molecule has 1 aromatic rings. The highest BCUT2D eigenvalue weighted by Gasteiger charge is 2.54. The SMILES string of the molecule is CN1CN([C@@H]2O[C@H](C(O)P(=O)(O)O)[C@@H](O)[C@H]2O)c2nc(N)[nH]c(=O)c21. The number of hydrogen-bond donors (Lipinski definition) is 7. The molecule has 1 saturated heterocycles. The lowest BCUT2D eigenvalue weighted by molar-refractivity contribution is -0.0440. The number of ether oxygens (including phenoxy) is 1. The Labute approximate surface area is 140 Å². The van der Waals surface area contributed by atoms with Crippen LogP contribution in [0.15, 0.2) is 4.79 Å². The van der Waals surface area contributed by atoms with Gasteiger partial charge in [0, 0.05) is 7.05 Å². The summed E-state index contributed by atoms with van der Waals surface area (Å²) in [4.78, 5) is 39.3. The smallest absolute Gasteiger partial charge is 0.356 e. The van der Waals surface area contributed by atoms with Crippen LogP contribution in [-0.4, -0.2) is 79.2 Å². The van der Waals surface area contributed by atoms with E-state index >= 15 is 0 Å². The Bertz CT molecular complexity index is 782. The lowest BCUT2D eigenvalue weighted by Gasteiger charge is -2.27. The van der Waals surface area contributed by atoms with Crippen molar-refractivity contribution in [3.8, 4) is 0 Å². The number of hydrogen-bond acceptors (Lipinski definition) is 10. The molecule has 0 aromatic carbocycles. The average molecular weight is 379 g/mol. The van der Waals surface area contributed by atoms with Crippen LogP contribution in [0.4, 0.5) is 17.5 Å². The minimum atomic E-state index is -4.98. The van der Waals surface area contributed by atoms with Gasteiger partial charge in [0.15, 0.2) is 17.9 Å². The summed E-state index contributed by atoms with van der Waals surface area (Å²) in [5, 5.41) is 29.9. The molecule has 2 aliphatic heterocycles. The molecule has 0 spiro atoms. The second kappa shape index (κ2) is 5.92. The van der Waals surface area contributed by atoms with Crippen LogP contribution in [0.3, 0.4) is 0 Å². The van der Waals surface area contributed by atoms with Gasteiger partial charge in [-0.3, -0.25) is 14.3 Å². The number of nitrogen functional groups attached to an aromatic ring is 1. The van der Waals surface area contributed by atoms with E-state index in [0.717, 1.165) is 0 Å². The minimum absolute atomic E-state index is 0.0298. The van der Waals surface area contributed by atoms with Gasteiger partial charge in [0.1, 0.15) is 24.0 Å². The predicted molar refractivity (Wildman–Crippen MR) is 83.7 cm³/mol. The maximum Gasteiger partial charge on any atom is 0.356 e. The summed E-state index contributed by atoms with van der Waals surface area (Å²) < 4.78 is 16.5. The van der Waals surface area contributed by atoms with Gasteiger partial charge < -0.3 is 45.4 Å². The monoisotopic (exact) mass is 379 g/mol. The van der Waals surface area contributed by atoms with E-state index in [4.69, 9.17) is 20.3 Å². The van der Waals surface area contributed by atoms with Crippen LogP contribution >= 0.6 is 7.60 Å². The maximum atomic E-state index is 12.0. The van der Waals surface area contributed by atoms with Gasteiger partial charge in [-0.1, -0.05) is 0 Å². The number of nitrogens with two attached hydrogens (primary N) is 1. The van der Waals surface area contributed by atoms with Crippen LogP contribution in [0, 0.1) is 0 Å². The Morgan fingerprint density at radius 2 is 2.04 bits per heavy atom. The first kappa shape index (κ1) is 18.1. The van der Waals surface area contributed by atoms with Gasteiger partial charge in [-0.05, 0) is 0 Å². The molecule has 5 atom stereocenters. The van der Waals surface area contributed by atoms with Crippen LogP contribution in [-0.2, 0) is 9.30 Å². The molecule has 14 heteroatoms. The summed E-state index contributed by atoms with van der Waals surface area (Å²) in [5.41, 5.74) is 5.16. The summed E-state index contributed by atoms with van der Waals surface area (Å²) in [6.07, 6.45) is -6.41. The first-order valence-corrected chi connectivity index (χ1v) is 8.83. The van der Waals surface area contributed by atoms with Crippen molar-refractivity contribution in [3.05, 3.63) is 10.4 Å². The summed E-state index contributed by atoms with van der Waals surface area (Å²) in [5.74, 6) is -2.42. The van der Waals surface area contributed by atoms with E-state index in [1.54, 1.807) is 7.05 Å². The lowest BCUT2D eigenvalue weighted by atomic mass is 10.1. The van der Waals surface area contributed by atoms with Crippen molar-refractivity contribution < 1.29 is 34.4 Å². The molecule has 0 bridgehead atoms. The van der Waals surface area contributed by atoms with Crippen molar-refractivity contribution in [1.82, 2.24) is 9.97 Å². The topological polar surface area (TPSA) is 206 Å². The summed E-state index contributed by atoms with van der Waals surface area (Å²) >= 11 is 0. The zero-order valence-electron chi connectivity index (χ0n) is 12.9. The van der Waals surface area contributed by atoms with Crippen LogP contribution in [0.1, 0.15) is 0 Å². The number of fused-ring (bicyclic) bond motifs is 1. The van der Waals surface area contributed by atoms with E-state index in [1.807, 2.05) is 0 Å². The molecule has 13 nitrogen and oxygen atoms in total. The van der Waals surface area contributed by atoms with Gasteiger partial charge in [0.25, 0.3) is 5.56 Å². The number of rotatable bonds is 3. The number of anilines is 3. The summed E-state index contributed by atoms with van der Waals surface area (Å²) in [7, 11) is -3.41. The van der Waals surface area contributed by atoms with Crippen molar-refractivity contribution in [3.63, 3.8) is 0 Å². The lowest BCUT2D eigenvalue weighted by Crippen LogP contribution is -2.45. The van der Waals surface area contributed by atoms with Gasteiger partial charge >= 0.3 is 7.60 Å². The van der Waals surface area contributed by atoms with E-state index in [-0.39, 0.29) is 24.1 Å². The number of H-pyrrole nitrogens is 1. The molecular formula is C11H18N5O8P. The number of aromatic amines is 1. The molecule has 140 valence electrons. The van der Waals surface area contributed by atoms with Crippen molar-refractivity contribution in [2.75, 3.05) is 29.2 Å². The fourth-order valence-corrected chi connectivity index (χ4v) is 3.59. The third kappa shape index (κ3) is 2.89. The quantitative estimate of drug-likeness (QED) is 0.256. The molecule has 2 aliphatic rings. The highest BCUT2D eigenvalue weighted by molar-refractivity contribution is 7.52. The van der Waals surface area contributed by atoms with E-state index in [9.17, 15) is 24.7 Å². The Hall–Kier alpha value is -1.73. The Balaban J connectivity index is 1.95. The first-order valence-electron chi connectivity index (χ1n) is 7.15. The molecule has 3 heterocycles. The Kier molecular flexibility index (Phi) is 4.28. The van der Waals surface area contributed by atoms with Crippen molar-refractivity contribution in [2.24, 2.45) is 0 Å². The maximum absolute atomic E-state index is 12.0. The van der Waals surface area contributed by atoms with Crippen molar-refractivity contribution in [2.45, 2.75) is 30.4 Å². The molecule has 1 unspecified atom stereocenters. The van der Waals surface area contributed by atoms with E-state index < -0.39 is 43.5 Å². The van der Waals surface area contributed by atoms with E-state index in [1.165, 1.54) is 9.80 Å². The second-order valence-electron chi connectivity index (χ2n) is 5.91. The van der Waals surface area contributed by atoms with Crippen molar-refractivity contribution in [1.29, 1.82) is 0 Å². The highest BCUT2D eigenvalue weighted by Crippen LogP contribution is 2.46. The van der Waals surface area contributed by atoms with Crippen LogP contribution in [0.25, 0.3) is 0 Å². The van der Waals surface area contributed by atoms with Gasteiger partial charge in [-0.2, -0.15) is 4.98 Å². The largest absolute Gasteiger partial charge is 0.387 e. The average Bonchev–Trinajstić information content (AvgIpc) is 2.96. The molecular weight excluding hydrogens is 361 g/mol. The zero-order chi connectivity index (χ0) is 18.7. The Morgan fingerprint density at radius 3 is 2.64 bits per heavy atom.